The van der Waals surface area contributed by atoms with E-state index >= 15 is 0 Å². The molecule has 0 amide bonds. The molecule has 1 fully saturated rings. The van der Waals surface area contributed by atoms with Crippen molar-refractivity contribution in [2.75, 3.05) is 11.9 Å². The third-order valence-electron chi connectivity index (χ3n) is 2.72. The van der Waals surface area contributed by atoms with Crippen LogP contribution in [0.5, 0.6) is 0 Å². The molecule has 2 nitrogen and oxygen atoms in total. The molecule has 0 bridgehead atoms. The molecule has 15 heavy (non-hydrogen) atoms. The van der Waals surface area contributed by atoms with Crippen LogP contribution in [0.2, 0.25) is 5.02 Å². The van der Waals surface area contributed by atoms with Crippen LogP contribution in [0.4, 0.5) is 5.69 Å². The predicted octanol–water partition coefficient (Wildman–Crippen LogP) is 3.77. The SMILES string of the molecule is Clc1ccc2scnc2c1NCC1CC1. The molecular formula is C11H11ClN2S. The summed E-state index contributed by atoms with van der Waals surface area (Å²) in [5, 5.41) is 4.19. The summed E-state index contributed by atoms with van der Waals surface area (Å²) < 4.78 is 1.19. The van der Waals surface area contributed by atoms with Crippen molar-refractivity contribution in [3.63, 3.8) is 0 Å². The highest BCUT2D eigenvalue weighted by Crippen LogP contribution is 2.34. The second kappa shape index (κ2) is 3.65. The Balaban J connectivity index is 1.97. The largest absolute Gasteiger partial charge is 0.382 e. The van der Waals surface area contributed by atoms with Gasteiger partial charge in [-0.2, -0.15) is 0 Å². The van der Waals surface area contributed by atoms with Gasteiger partial charge in [0.05, 0.1) is 20.9 Å². The molecular weight excluding hydrogens is 228 g/mol. The Labute approximate surface area is 97.3 Å². The first-order valence-corrected chi connectivity index (χ1v) is 6.36. The number of fused-ring (bicyclic) bond motifs is 1. The van der Waals surface area contributed by atoms with E-state index in [1.807, 2.05) is 17.6 Å². The van der Waals surface area contributed by atoms with Gasteiger partial charge in [-0.15, -0.1) is 11.3 Å². The topological polar surface area (TPSA) is 24.9 Å². The number of hydrogen-bond donors (Lipinski definition) is 1. The van der Waals surface area contributed by atoms with Crippen molar-refractivity contribution in [3.05, 3.63) is 22.7 Å². The van der Waals surface area contributed by atoms with Crippen molar-refractivity contribution in [2.45, 2.75) is 12.8 Å². The van der Waals surface area contributed by atoms with Gasteiger partial charge in [0.1, 0.15) is 5.52 Å². The average Bonchev–Trinajstić information content (AvgIpc) is 2.93. The lowest BCUT2D eigenvalue weighted by Crippen LogP contribution is -2.04. The third kappa shape index (κ3) is 1.82. The number of thiazole rings is 1. The monoisotopic (exact) mass is 238 g/mol. The predicted molar refractivity (Wildman–Crippen MR) is 65.8 cm³/mol. The van der Waals surface area contributed by atoms with Gasteiger partial charge in [-0.1, -0.05) is 11.6 Å². The van der Waals surface area contributed by atoms with Crippen molar-refractivity contribution >= 4 is 38.8 Å². The molecule has 1 aromatic heterocycles. The minimum Gasteiger partial charge on any atom is -0.382 e. The van der Waals surface area contributed by atoms with E-state index in [1.165, 1.54) is 17.5 Å². The summed E-state index contributed by atoms with van der Waals surface area (Å²) in [6.07, 6.45) is 2.69. The van der Waals surface area contributed by atoms with Gasteiger partial charge in [-0.25, -0.2) is 4.98 Å². The van der Waals surface area contributed by atoms with E-state index in [0.717, 1.165) is 28.7 Å². The van der Waals surface area contributed by atoms with Crippen molar-refractivity contribution in [1.29, 1.82) is 0 Å². The molecule has 1 saturated carbocycles. The summed E-state index contributed by atoms with van der Waals surface area (Å²) >= 11 is 7.82. The fraction of sp³-hybridized carbons (Fsp3) is 0.364. The number of nitrogens with zero attached hydrogens (tertiary/aromatic N) is 1. The summed E-state index contributed by atoms with van der Waals surface area (Å²) in [6, 6.07) is 3.97. The number of halogens is 1. The van der Waals surface area contributed by atoms with Gasteiger partial charge in [0.15, 0.2) is 0 Å². The first kappa shape index (κ1) is 9.43. The van der Waals surface area contributed by atoms with Crippen LogP contribution in [0.15, 0.2) is 17.6 Å². The van der Waals surface area contributed by atoms with E-state index < -0.39 is 0 Å². The minimum atomic E-state index is 0.772. The number of aromatic nitrogens is 1. The lowest BCUT2D eigenvalue weighted by molar-refractivity contribution is 0.890. The lowest BCUT2D eigenvalue weighted by Gasteiger charge is -2.07. The highest BCUT2D eigenvalue weighted by atomic mass is 35.5. The molecule has 0 atom stereocenters. The van der Waals surface area contributed by atoms with Crippen LogP contribution >= 0.6 is 22.9 Å². The van der Waals surface area contributed by atoms with Crippen LogP contribution in [0.1, 0.15) is 12.8 Å². The summed E-state index contributed by atoms with van der Waals surface area (Å²) in [6.45, 7) is 1.02. The van der Waals surface area contributed by atoms with E-state index in [2.05, 4.69) is 10.3 Å². The van der Waals surface area contributed by atoms with E-state index in [4.69, 9.17) is 11.6 Å². The molecule has 0 radical (unpaired) electrons. The Kier molecular flexibility index (Phi) is 2.29. The zero-order chi connectivity index (χ0) is 10.3. The molecule has 0 saturated heterocycles. The Hall–Kier alpha value is -0.800. The Bertz CT molecular complexity index is 490. The molecule has 0 spiro atoms. The quantitative estimate of drug-likeness (QED) is 0.881. The molecule has 1 aromatic carbocycles. The van der Waals surface area contributed by atoms with Crippen LogP contribution in [-0.2, 0) is 0 Å². The zero-order valence-electron chi connectivity index (χ0n) is 8.16. The van der Waals surface area contributed by atoms with Gasteiger partial charge in [-0.3, -0.25) is 0 Å². The van der Waals surface area contributed by atoms with E-state index in [9.17, 15) is 0 Å². The Morgan fingerprint density at radius 2 is 2.33 bits per heavy atom. The number of hydrogen-bond acceptors (Lipinski definition) is 3. The second-order valence-electron chi connectivity index (χ2n) is 3.95. The fourth-order valence-electron chi connectivity index (χ4n) is 1.64. The maximum Gasteiger partial charge on any atom is 0.106 e. The maximum atomic E-state index is 6.17. The first-order chi connectivity index (χ1) is 7.34. The fourth-order valence-corrected chi connectivity index (χ4v) is 2.55. The molecule has 2 aromatic rings. The molecule has 1 aliphatic carbocycles. The number of anilines is 1. The van der Waals surface area contributed by atoms with Crippen LogP contribution in [0.25, 0.3) is 10.2 Å². The summed E-state index contributed by atoms with van der Waals surface area (Å²) in [7, 11) is 0. The maximum absolute atomic E-state index is 6.17. The lowest BCUT2D eigenvalue weighted by atomic mass is 10.2. The van der Waals surface area contributed by atoms with Crippen LogP contribution in [-0.4, -0.2) is 11.5 Å². The van der Waals surface area contributed by atoms with Crippen LogP contribution in [0.3, 0.4) is 0 Å². The average molecular weight is 239 g/mol. The second-order valence-corrected chi connectivity index (χ2v) is 5.24. The van der Waals surface area contributed by atoms with Gasteiger partial charge < -0.3 is 5.32 Å². The molecule has 0 aliphatic heterocycles. The van der Waals surface area contributed by atoms with Gasteiger partial charge in [0.25, 0.3) is 0 Å². The van der Waals surface area contributed by atoms with Gasteiger partial charge in [0, 0.05) is 6.54 Å². The molecule has 1 aliphatic rings. The van der Waals surface area contributed by atoms with Crippen LogP contribution < -0.4 is 5.32 Å². The number of rotatable bonds is 3. The smallest absolute Gasteiger partial charge is 0.106 e. The molecule has 0 unspecified atom stereocenters. The van der Waals surface area contributed by atoms with Crippen molar-refractivity contribution in [2.24, 2.45) is 5.92 Å². The Morgan fingerprint density at radius 1 is 1.47 bits per heavy atom. The van der Waals surface area contributed by atoms with Crippen molar-refractivity contribution < 1.29 is 0 Å². The standard InChI is InChI=1S/C11H11ClN2S/c12-8-3-4-9-11(14-6-15-9)10(8)13-5-7-1-2-7/h3-4,6-7,13H,1-2,5H2. The highest BCUT2D eigenvalue weighted by Gasteiger charge is 2.21. The van der Waals surface area contributed by atoms with E-state index in [0.29, 0.717) is 0 Å². The summed E-state index contributed by atoms with van der Waals surface area (Å²) in [4.78, 5) is 4.35. The van der Waals surface area contributed by atoms with Crippen molar-refractivity contribution in [3.8, 4) is 0 Å². The molecule has 1 heterocycles. The summed E-state index contributed by atoms with van der Waals surface area (Å²) in [5.41, 5.74) is 3.87. The molecule has 1 N–H and O–H groups in total. The molecule has 4 heteroatoms. The van der Waals surface area contributed by atoms with E-state index in [-0.39, 0.29) is 0 Å². The first-order valence-electron chi connectivity index (χ1n) is 5.10. The third-order valence-corrected chi connectivity index (χ3v) is 3.83. The summed E-state index contributed by atoms with van der Waals surface area (Å²) in [5.74, 6) is 0.843. The zero-order valence-corrected chi connectivity index (χ0v) is 9.74. The van der Waals surface area contributed by atoms with Gasteiger partial charge in [-0.05, 0) is 30.9 Å². The van der Waals surface area contributed by atoms with Crippen LogP contribution in [0, 0.1) is 5.92 Å². The Morgan fingerprint density at radius 3 is 3.13 bits per heavy atom. The van der Waals surface area contributed by atoms with Gasteiger partial charge >= 0.3 is 0 Å². The minimum absolute atomic E-state index is 0.772. The molecule has 3 rings (SSSR count). The molecule has 78 valence electrons. The normalized spacial score (nSPS) is 15.8. The number of benzene rings is 1. The van der Waals surface area contributed by atoms with Gasteiger partial charge in [0.2, 0.25) is 0 Å². The highest BCUT2D eigenvalue weighted by molar-refractivity contribution is 7.16. The number of nitrogens with one attached hydrogen (secondary N) is 1. The van der Waals surface area contributed by atoms with Crippen molar-refractivity contribution in [1.82, 2.24) is 4.98 Å². The van der Waals surface area contributed by atoms with E-state index in [1.54, 1.807) is 11.3 Å².